The summed E-state index contributed by atoms with van der Waals surface area (Å²) in [5.74, 6) is 0.0222. The fourth-order valence-corrected chi connectivity index (χ4v) is 0.848. The molecule has 0 atom stereocenters. The van der Waals surface area contributed by atoms with Crippen LogP contribution in [0.25, 0.3) is 0 Å². The van der Waals surface area contributed by atoms with Gasteiger partial charge in [-0.3, -0.25) is 4.79 Å². The molecular weight excluding hydrogens is 214 g/mol. The lowest BCUT2D eigenvalue weighted by atomic mass is 10.2. The van der Waals surface area contributed by atoms with Crippen molar-refractivity contribution in [3.05, 3.63) is 11.8 Å². The summed E-state index contributed by atoms with van der Waals surface area (Å²) < 4.78 is 9.84. The van der Waals surface area contributed by atoms with Crippen LogP contribution in [0.1, 0.15) is 37.3 Å². The third-order valence-corrected chi connectivity index (χ3v) is 1.37. The van der Waals surface area contributed by atoms with Crippen molar-refractivity contribution in [3.63, 3.8) is 0 Å². The van der Waals surface area contributed by atoms with Gasteiger partial charge in [-0.1, -0.05) is 0 Å². The van der Waals surface area contributed by atoms with E-state index in [9.17, 15) is 9.59 Å². The van der Waals surface area contributed by atoms with Crippen molar-refractivity contribution in [3.8, 4) is 0 Å². The maximum absolute atomic E-state index is 11.2. The molecule has 1 N–H and O–H groups in total. The van der Waals surface area contributed by atoms with Crippen molar-refractivity contribution in [2.75, 3.05) is 0 Å². The minimum atomic E-state index is -0.585. The summed E-state index contributed by atoms with van der Waals surface area (Å²) in [6, 6.07) is 0. The summed E-state index contributed by atoms with van der Waals surface area (Å²) in [5.41, 5.74) is -0.563. The fourth-order valence-electron chi connectivity index (χ4n) is 0.848. The number of aromatic nitrogens is 2. The first kappa shape index (κ1) is 12.2. The zero-order valence-corrected chi connectivity index (χ0v) is 9.31. The zero-order chi connectivity index (χ0) is 12.2. The second kappa shape index (κ2) is 4.73. The molecule has 1 heterocycles. The second-order valence-corrected chi connectivity index (χ2v) is 4.01. The Morgan fingerprint density at radius 2 is 2.19 bits per heavy atom. The van der Waals surface area contributed by atoms with Gasteiger partial charge >= 0.3 is 6.09 Å². The van der Waals surface area contributed by atoms with Gasteiger partial charge in [-0.05, 0) is 20.8 Å². The highest BCUT2D eigenvalue weighted by Crippen LogP contribution is 2.06. The smallest absolute Gasteiger partial charge is 0.408 e. The number of carbonyl (C=O) groups excluding carboxylic acids is 2. The first-order valence-electron chi connectivity index (χ1n) is 4.65. The van der Waals surface area contributed by atoms with Crippen LogP contribution in [0.4, 0.5) is 4.79 Å². The first-order chi connectivity index (χ1) is 7.40. The van der Waals surface area contributed by atoms with Crippen LogP contribution in [0, 0.1) is 0 Å². The molecule has 88 valence electrons. The van der Waals surface area contributed by atoms with Gasteiger partial charge in [0.05, 0.1) is 6.54 Å². The number of rotatable bonds is 3. The maximum atomic E-state index is 11.2. The van der Waals surface area contributed by atoms with E-state index in [1.165, 1.54) is 0 Å². The van der Waals surface area contributed by atoms with E-state index < -0.39 is 11.7 Å². The lowest BCUT2D eigenvalue weighted by Gasteiger charge is -2.19. The van der Waals surface area contributed by atoms with Crippen LogP contribution in [0.5, 0.6) is 0 Å². The summed E-state index contributed by atoms with van der Waals surface area (Å²) >= 11 is 0. The summed E-state index contributed by atoms with van der Waals surface area (Å²) in [7, 11) is 0. The highest BCUT2D eigenvalue weighted by Gasteiger charge is 2.16. The highest BCUT2D eigenvalue weighted by atomic mass is 16.6. The molecule has 0 unspecified atom stereocenters. The van der Waals surface area contributed by atoms with Gasteiger partial charge in [0.2, 0.25) is 12.2 Å². The Morgan fingerprint density at radius 3 is 2.69 bits per heavy atom. The van der Waals surface area contributed by atoms with Gasteiger partial charge in [0, 0.05) is 0 Å². The minimum Gasteiger partial charge on any atom is -0.444 e. The van der Waals surface area contributed by atoms with E-state index in [1.807, 2.05) is 0 Å². The van der Waals surface area contributed by atoms with E-state index in [-0.39, 0.29) is 18.3 Å². The Balaban J connectivity index is 2.40. The molecule has 0 aliphatic heterocycles. The van der Waals surface area contributed by atoms with Crippen LogP contribution in [-0.4, -0.2) is 28.2 Å². The lowest BCUT2D eigenvalue weighted by Crippen LogP contribution is -2.32. The molecule has 0 radical (unpaired) electrons. The molecule has 0 aliphatic rings. The average molecular weight is 227 g/mol. The number of carbonyl (C=O) groups is 2. The summed E-state index contributed by atoms with van der Waals surface area (Å²) in [6.07, 6.45) is -0.150. The lowest BCUT2D eigenvalue weighted by molar-refractivity contribution is 0.0519. The number of hydrogen-bond donors (Lipinski definition) is 1. The Kier molecular flexibility index (Phi) is 3.60. The molecule has 7 nitrogen and oxygen atoms in total. The zero-order valence-electron chi connectivity index (χ0n) is 9.31. The molecule has 0 saturated carbocycles. The molecule has 1 aromatic rings. The van der Waals surface area contributed by atoms with Gasteiger partial charge in [-0.2, -0.15) is 0 Å². The number of alkyl carbamates (subject to hydrolysis) is 1. The van der Waals surface area contributed by atoms with Crippen molar-refractivity contribution >= 4 is 12.4 Å². The Hall–Kier alpha value is -1.92. The van der Waals surface area contributed by atoms with Gasteiger partial charge in [-0.15, -0.1) is 10.2 Å². The molecule has 0 aliphatic carbocycles. The van der Waals surface area contributed by atoms with E-state index >= 15 is 0 Å². The molecule has 0 saturated heterocycles. The molecule has 16 heavy (non-hydrogen) atoms. The van der Waals surface area contributed by atoms with Gasteiger partial charge < -0.3 is 14.5 Å². The number of hydrogen-bond acceptors (Lipinski definition) is 6. The maximum Gasteiger partial charge on any atom is 0.408 e. The third-order valence-electron chi connectivity index (χ3n) is 1.37. The summed E-state index contributed by atoms with van der Waals surface area (Å²) in [6.45, 7) is 5.28. The number of aldehydes is 1. The van der Waals surface area contributed by atoms with Crippen molar-refractivity contribution in [1.29, 1.82) is 0 Å². The Bertz CT molecular complexity index is 380. The van der Waals surface area contributed by atoms with Crippen molar-refractivity contribution in [1.82, 2.24) is 15.5 Å². The fraction of sp³-hybridized carbons (Fsp3) is 0.556. The first-order valence-corrected chi connectivity index (χ1v) is 4.65. The van der Waals surface area contributed by atoms with Crippen molar-refractivity contribution in [2.45, 2.75) is 32.9 Å². The van der Waals surface area contributed by atoms with Gasteiger partial charge in [0.25, 0.3) is 5.89 Å². The Morgan fingerprint density at radius 1 is 1.50 bits per heavy atom. The Labute approximate surface area is 92.2 Å². The third kappa shape index (κ3) is 4.07. The van der Waals surface area contributed by atoms with Gasteiger partial charge in [0.15, 0.2) is 0 Å². The summed E-state index contributed by atoms with van der Waals surface area (Å²) in [4.78, 5) is 21.5. The number of amides is 1. The van der Waals surface area contributed by atoms with Crippen LogP contribution in [0.3, 0.4) is 0 Å². The summed E-state index contributed by atoms with van der Waals surface area (Å²) in [5, 5.41) is 9.37. The number of nitrogens with one attached hydrogen (secondary N) is 1. The van der Waals surface area contributed by atoms with Crippen molar-refractivity contribution < 1.29 is 18.7 Å². The van der Waals surface area contributed by atoms with Gasteiger partial charge in [-0.25, -0.2) is 4.79 Å². The number of nitrogens with zero attached hydrogens (tertiary/aromatic N) is 2. The van der Waals surface area contributed by atoms with Crippen LogP contribution in [0.15, 0.2) is 4.42 Å². The monoisotopic (exact) mass is 227 g/mol. The standard InChI is InChI=1S/C9H13N3O4/c1-9(2,3)16-8(14)10-4-6-11-12-7(5-13)15-6/h5H,4H2,1-3H3,(H,10,14). The molecule has 0 spiro atoms. The quantitative estimate of drug-likeness (QED) is 0.771. The van der Waals surface area contributed by atoms with Crippen LogP contribution < -0.4 is 5.32 Å². The number of ether oxygens (including phenoxy) is 1. The SMILES string of the molecule is CC(C)(C)OC(=O)NCc1nnc(C=O)o1. The molecule has 7 heteroatoms. The molecular formula is C9H13N3O4. The van der Waals surface area contributed by atoms with Crippen LogP contribution >= 0.6 is 0 Å². The van der Waals surface area contributed by atoms with E-state index in [0.29, 0.717) is 6.29 Å². The molecule has 1 aromatic heterocycles. The highest BCUT2D eigenvalue weighted by molar-refractivity contribution is 5.68. The second-order valence-electron chi connectivity index (χ2n) is 4.01. The predicted molar refractivity (Wildman–Crippen MR) is 52.8 cm³/mol. The predicted octanol–water partition coefficient (Wildman–Crippen LogP) is 0.907. The molecule has 1 amide bonds. The average Bonchev–Trinajstić information content (AvgIpc) is 2.59. The largest absolute Gasteiger partial charge is 0.444 e. The molecule has 0 fully saturated rings. The van der Waals surface area contributed by atoms with E-state index in [4.69, 9.17) is 9.15 Å². The van der Waals surface area contributed by atoms with Gasteiger partial charge in [0.1, 0.15) is 5.60 Å². The molecule has 0 aromatic carbocycles. The molecule has 0 bridgehead atoms. The van der Waals surface area contributed by atoms with Crippen LogP contribution in [-0.2, 0) is 11.3 Å². The van der Waals surface area contributed by atoms with Crippen LogP contribution in [0.2, 0.25) is 0 Å². The normalized spacial score (nSPS) is 10.9. The minimum absolute atomic E-state index is 0.0236. The molecule has 1 rings (SSSR count). The van der Waals surface area contributed by atoms with E-state index in [2.05, 4.69) is 15.5 Å². The topological polar surface area (TPSA) is 94.3 Å². The van der Waals surface area contributed by atoms with Crippen molar-refractivity contribution in [2.24, 2.45) is 0 Å². The van der Waals surface area contributed by atoms with E-state index in [1.54, 1.807) is 20.8 Å². The van der Waals surface area contributed by atoms with E-state index in [0.717, 1.165) is 0 Å².